The van der Waals surface area contributed by atoms with Crippen LogP contribution >= 0.6 is 0 Å². The molecule has 1 heterocycles. The lowest BCUT2D eigenvalue weighted by Gasteiger charge is -2.09. The molecule has 0 atom stereocenters. The minimum Gasteiger partial charge on any atom is -0.497 e. The smallest absolute Gasteiger partial charge is 0.238 e. The van der Waals surface area contributed by atoms with E-state index in [9.17, 15) is 9.59 Å². The lowest BCUT2D eigenvalue weighted by molar-refractivity contribution is -0.114. The molecular formula is C19H16N4O3. The standard InChI is InChI=1S/C19H16N4O3/c1-26-11-7-5-10(6-8-11)17-16-18(23-22-17)12-3-2-4-13(15(12)19(16)25)21-14(24)9-20/h2-8H,9,20H2,1H3,(H,21,24)(H,22,23). The number of benzene rings is 2. The number of nitrogens with one attached hydrogen (secondary N) is 2. The van der Waals surface area contributed by atoms with Crippen molar-refractivity contribution >= 4 is 17.4 Å². The summed E-state index contributed by atoms with van der Waals surface area (Å²) in [4.78, 5) is 24.8. The molecule has 0 saturated heterocycles. The van der Waals surface area contributed by atoms with E-state index in [1.807, 2.05) is 30.3 Å². The van der Waals surface area contributed by atoms with E-state index >= 15 is 0 Å². The van der Waals surface area contributed by atoms with Crippen molar-refractivity contribution in [2.24, 2.45) is 5.73 Å². The molecule has 7 heteroatoms. The summed E-state index contributed by atoms with van der Waals surface area (Å²) in [7, 11) is 1.60. The molecule has 0 radical (unpaired) electrons. The van der Waals surface area contributed by atoms with Crippen LogP contribution in [0.1, 0.15) is 15.9 Å². The second-order valence-electron chi connectivity index (χ2n) is 5.86. The number of nitrogens with zero attached hydrogens (tertiary/aromatic N) is 1. The Labute approximate surface area is 149 Å². The SMILES string of the molecule is COc1ccc(-c2[nH]nc3c2C(=O)c2c(NC(=O)CN)cccc2-3)cc1. The van der Waals surface area contributed by atoms with Crippen molar-refractivity contribution in [3.05, 3.63) is 53.6 Å². The number of hydrogen-bond donors (Lipinski definition) is 3. The molecule has 1 aromatic heterocycles. The van der Waals surface area contributed by atoms with Gasteiger partial charge in [-0.05, 0) is 30.3 Å². The fourth-order valence-corrected chi connectivity index (χ4v) is 3.15. The molecule has 1 aliphatic rings. The van der Waals surface area contributed by atoms with E-state index in [1.165, 1.54) is 0 Å². The lowest BCUT2D eigenvalue weighted by atomic mass is 10.0. The summed E-state index contributed by atoms with van der Waals surface area (Å²) in [6.07, 6.45) is 0. The first-order valence-electron chi connectivity index (χ1n) is 8.05. The Morgan fingerprint density at radius 3 is 2.65 bits per heavy atom. The van der Waals surface area contributed by atoms with Crippen molar-refractivity contribution in [3.8, 4) is 28.3 Å². The van der Waals surface area contributed by atoms with Gasteiger partial charge >= 0.3 is 0 Å². The van der Waals surface area contributed by atoms with Crippen molar-refractivity contribution in [1.82, 2.24) is 10.2 Å². The van der Waals surface area contributed by atoms with E-state index in [-0.39, 0.29) is 18.2 Å². The number of amides is 1. The fraction of sp³-hybridized carbons (Fsp3) is 0.105. The molecule has 4 rings (SSSR count). The normalized spacial score (nSPS) is 11.8. The molecule has 0 spiro atoms. The first-order valence-corrected chi connectivity index (χ1v) is 8.05. The maximum absolute atomic E-state index is 13.1. The molecule has 0 saturated carbocycles. The average molecular weight is 348 g/mol. The molecule has 2 aromatic carbocycles. The topological polar surface area (TPSA) is 110 Å². The maximum Gasteiger partial charge on any atom is 0.238 e. The predicted molar refractivity (Wildman–Crippen MR) is 97.1 cm³/mol. The van der Waals surface area contributed by atoms with E-state index in [1.54, 1.807) is 19.2 Å². The average Bonchev–Trinajstić information content (AvgIpc) is 3.22. The Hall–Kier alpha value is -3.45. The molecule has 1 amide bonds. The molecule has 26 heavy (non-hydrogen) atoms. The first kappa shape index (κ1) is 16.0. The molecule has 0 fully saturated rings. The van der Waals surface area contributed by atoms with Crippen LogP contribution in [0.3, 0.4) is 0 Å². The lowest BCUT2D eigenvalue weighted by Crippen LogP contribution is -2.22. The molecule has 0 unspecified atom stereocenters. The van der Waals surface area contributed by atoms with Gasteiger partial charge in [-0.15, -0.1) is 0 Å². The maximum atomic E-state index is 13.1. The Bertz CT molecular complexity index is 1020. The van der Waals surface area contributed by atoms with E-state index in [0.717, 1.165) is 11.3 Å². The van der Waals surface area contributed by atoms with Gasteiger partial charge in [0.25, 0.3) is 0 Å². The number of methoxy groups -OCH3 is 1. The number of nitrogens with two attached hydrogens (primary N) is 1. The number of carbonyl (C=O) groups excluding carboxylic acids is 2. The van der Waals surface area contributed by atoms with Gasteiger partial charge in [-0.25, -0.2) is 0 Å². The number of aromatic nitrogens is 2. The third-order valence-corrected chi connectivity index (χ3v) is 4.38. The Morgan fingerprint density at radius 1 is 1.19 bits per heavy atom. The van der Waals surface area contributed by atoms with Crippen LogP contribution in [-0.2, 0) is 4.79 Å². The second-order valence-corrected chi connectivity index (χ2v) is 5.86. The summed E-state index contributed by atoms with van der Waals surface area (Å²) >= 11 is 0. The fourth-order valence-electron chi connectivity index (χ4n) is 3.15. The van der Waals surface area contributed by atoms with Gasteiger partial charge in [-0.3, -0.25) is 14.7 Å². The summed E-state index contributed by atoms with van der Waals surface area (Å²) in [5.41, 5.74) is 9.49. The minimum absolute atomic E-state index is 0.153. The Kier molecular flexibility index (Phi) is 3.78. The van der Waals surface area contributed by atoms with Gasteiger partial charge in [0.05, 0.1) is 36.2 Å². The summed E-state index contributed by atoms with van der Waals surface area (Å²) in [5, 5.41) is 9.97. The second kappa shape index (κ2) is 6.12. The van der Waals surface area contributed by atoms with Crippen LogP contribution in [0.2, 0.25) is 0 Å². The highest BCUT2D eigenvalue weighted by atomic mass is 16.5. The third-order valence-electron chi connectivity index (χ3n) is 4.38. The number of aromatic amines is 1. The van der Waals surface area contributed by atoms with E-state index < -0.39 is 0 Å². The van der Waals surface area contributed by atoms with Gasteiger partial charge in [0.15, 0.2) is 5.78 Å². The molecule has 4 N–H and O–H groups in total. The van der Waals surface area contributed by atoms with Gasteiger partial charge in [-0.1, -0.05) is 12.1 Å². The van der Waals surface area contributed by atoms with E-state index in [4.69, 9.17) is 10.5 Å². The number of anilines is 1. The minimum atomic E-state index is -0.354. The number of carbonyl (C=O) groups is 2. The number of hydrogen-bond acceptors (Lipinski definition) is 5. The van der Waals surface area contributed by atoms with Crippen LogP contribution in [-0.4, -0.2) is 35.5 Å². The first-order chi connectivity index (χ1) is 12.6. The number of H-pyrrole nitrogens is 1. The number of ketones is 1. The van der Waals surface area contributed by atoms with Gasteiger partial charge in [0.2, 0.25) is 5.91 Å². The predicted octanol–water partition coefficient (Wildman–Crippen LogP) is 2.19. The molecule has 3 aromatic rings. The molecule has 0 aliphatic heterocycles. The number of rotatable bonds is 4. The van der Waals surface area contributed by atoms with Crippen LogP contribution in [0.25, 0.3) is 22.5 Å². The highest BCUT2D eigenvalue weighted by Gasteiger charge is 2.35. The van der Waals surface area contributed by atoms with Crippen molar-refractivity contribution in [3.63, 3.8) is 0 Å². The van der Waals surface area contributed by atoms with Gasteiger partial charge in [0, 0.05) is 11.1 Å². The zero-order chi connectivity index (χ0) is 18.3. The summed E-state index contributed by atoms with van der Waals surface area (Å²) in [5.74, 6) is 0.196. The Balaban J connectivity index is 1.80. The summed E-state index contributed by atoms with van der Waals surface area (Å²) in [6.45, 7) is -0.153. The van der Waals surface area contributed by atoms with Crippen molar-refractivity contribution in [1.29, 1.82) is 0 Å². The highest BCUT2D eigenvalue weighted by molar-refractivity contribution is 6.27. The van der Waals surface area contributed by atoms with Crippen molar-refractivity contribution in [2.45, 2.75) is 0 Å². The van der Waals surface area contributed by atoms with E-state index in [0.29, 0.717) is 33.8 Å². The number of ether oxygens (including phenoxy) is 1. The van der Waals surface area contributed by atoms with Crippen LogP contribution in [0.5, 0.6) is 5.75 Å². The molecule has 0 bridgehead atoms. The van der Waals surface area contributed by atoms with Gasteiger partial charge in [-0.2, -0.15) is 5.10 Å². The number of fused-ring (bicyclic) bond motifs is 3. The zero-order valence-electron chi connectivity index (χ0n) is 14.0. The molecule has 130 valence electrons. The van der Waals surface area contributed by atoms with Crippen LogP contribution in [0.4, 0.5) is 5.69 Å². The van der Waals surface area contributed by atoms with Crippen molar-refractivity contribution in [2.75, 3.05) is 19.0 Å². The summed E-state index contributed by atoms with van der Waals surface area (Å²) in [6, 6.07) is 12.6. The largest absolute Gasteiger partial charge is 0.497 e. The van der Waals surface area contributed by atoms with Crippen molar-refractivity contribution < 1.29 is 14.3 Å². The van der Waals surface area contributed by atoms with Gasteiger partial charge < -0.3 is 15.8 Å². The van der Waals surface area contributed by atoms with Crippen LogP contribution in [0, 0.1) is 0 Å². The molecule has 7 nitrogen and oxygen atoms in total. The van der Waals surface area contributed by atoms with Crippen LogP contribution in [0.15, 0.2) is 42.5 Å². The molecule has 1 aliphatic carbocycles. The highest BCUT2D eigenvalue weighted by Crippen LogP contribution is 2.42. The van der Waals surface area contributed by atoms with Gasteiger partial charge in [0.1, 0.15) is 11.4 Å². The Morgan fingerprint density at radius 2 is 1.96 bits per heavy atom. The molecular weight excluding hydrogens is 332 g/mol. The monoisotopic (exact) mass is 348 g/mol. The summed E-state index contributed by atoms with van der Waals surface area (Å²) < 4.78 is 5.17. The quantitative estimate of drug-likeness (QED) is 0.524. The third kappa shape index (κ3) is 2.37. The van der Waals surface area contributed by atoms with E-state index in [2.05, 4.69) is 15.5 Å². The van der Waals surface area contributed by atoms with Crippen LogP contribution < -0.4 is 15.8 Å². The zero-order valence-corrected chi connectivity index (χ0v) is 14.0.